The highest BCUT2D eigenvalue weighted by Gasteiger charge is 2.26. The first-order chi connectivity index (χ1) is 6.73. The molecule has 0 fully saturated rings. The van der Waals surface area contributed by atoms with Crippen LogP contribution in [0, 0.1) is 0 Å². The zero-order chi connectivity index (χ0) is 11.8. The van der Waals surface area contributed by atoms with Crippen LogP contribution in [-0.2, 0) is 10.0 Å². The molecular weight excluding hydrogens is 252 g/mol. The van der Waals surface area contributed by atoms with E-state index in [1.54, 1.807) is 0 Å². The smallest absolute Gasteiger partial charge is 0.281 e. The number of halogens is 3. The molecule has 0 aliphatic rings. The summed E-state index contributed by atoms with van der Waals surface area (Å²) in [7, 11) is -4.36. The molecule has 0 radical (unpaired) electrons. The lowest BCUT2D eigenvalue weighted by molar-refractivity contribution is 0.142. The lowest BCUT2D eigenvalue weighted by atomic mass is 10.3. The SMILES string of the molecule is Nc1cc(Cl)c(S(N)(=O)=O)c(C(F)F)n1. The number of aromatic nitrogens is 1. The third-order valence-corrected chi connectivity index (χ3v) is 2.87. The number of nitrogens with two attached hydrogens (primary N) is 2. The number of primary sulfonamides is 1. The number of alkyl halides is 2. The van der Waals surface area contributed by atoms with E-state index in [2.05, 4.69) is 4.98 Å². The number of hydrogen-bond donors (Lipinski definition) is 2. The van der Waals surface area contributed by atoms with E-state index >= 15 is 0 Å². The van der Waals surface area contributed by atoms with Crippen molar-refractivity contribution in [2.45, 2.75) is 11.3 Å². The van der Waals surface area contributed by atoms with Crippen molar-refractivity contribution in [2.75, 3.05) is 5.73 Å². The molecule has 4 N–H and O–H groups in total. The summed E-state index contributed by atoms with van der Waals surface area (Å²) in [5.74, 6) is -0.303. The van der Waals surface area contributed by atoms with Gasteiger partial charge in [-0.3, -0.25) is 0 Å². The Morgan fingerprint density at radius 3 is 2.40 bits per heavy atom. The normalized spacial score (nSPS) is 12.1. The predicted molar refractivity (Wildman–Crippen MR) is 50.0 cm³/mol. The fraction of sp³-hybridized carbons (Fsp3) is 0.167. The van der Waals surface area contributed by atoms with Crippen LogP contribution >= 0.6 is 11.6 Å². The van der Waals surface area contributed by atoms with Gasteiger partial charge in [-0.15, -0.1) is 0 Å². The third-order valence-electron chi connectivity index (χ3n) is 1.46. The van der Waals surface area contributed by atoms with Crippen LogP contribution in [0.25, 0.3) is 0 Å². The van der Waals surface area contributed by atoms with Gasteiger partial charge in [0.05, 0.1) is 5.02 Å². The minimum atomic E-state index is -4.36. The Labute approximate surface area is 89.1 Å². The highest BCUT2D eigenvalue weighted by atomic mass is 35.5. The molecule has 15 heavy (non-hydrogen) atoms. The predicted octanol–water partition coefficient (Wildman–Crippen LogP) is 0.902. The molecule has 84 valence electrons. The summed E-state index contributed by atoms with van der Waals surface area (Å²) in [5, 5.41) is 4.25. The summed E-state index contributed by atoms with van der Waals surface area (Å²) in [4.78, 5) is 2.29. The van der Waals surface area contributed by atoms with Gasteiger partial charge in [-0.05, 0) is 0 Å². The topological polar surface area (TPSA) is 99.1 Å². The Hall–Kier alpha value is -0.990. The first-order valence-electron chi connectivity index (χ1n) is 3.50. The molecule has 0 bridgehead atoms. The van der Waals surface area contributed by atoms with E-state index in [0.29, 0.717) is 0 Å². The highest BCUT2D eigenvalue weighted by Crippen LogP contribution is 2.31. The molecule has 5 nitrogen and oxygen atoms in total. The summed E-state index contributed by atoms with van der Waals surface area (Å²) >= 11 is 5.45. The molecule has 0 spiro atoms. The molecule has 1 aromatic heterocycles. The molecule has 9 heteroatoms. The molecule has 0 amide bonds. The number of nitrogen functional groups attached to an aromatic ring is 1. The Bertz CT molecular complexity index is 491. The second-order valence-corrected chi connectivity index (χ2v) is 4.49. The second kappa shape index (κ2) is 3.87. The van der Waals surface area contributed by atoms with Crippen LogP contribution in [0.1, 0.15) is 12.1 Å². The molecule has 0 aromatic carbocycles. The van der Waals surface area contributed by atoms with Crippen LogP contribution in [0.3, 0.4) is 0 Å². The molecule has 0 atom stereocenters. The van der Waals surface area contributed by atoms with Crippen LogP contribution in [-0.4, -0.2) is 13.4 Å². The first kappa shape index (κ1) is 12.1. The maximum absolute atomic E-state index is 12.4. The van der Waals surface area contributed by atoms with Crippen molar-refractivity contribution in [1.29, 1.82) is 0 Å². The summed E-state index contributed by atoms with van der Waals surface area (Å²) < 4.78 is 46.8. The largest absolute Gasteiger partial charge is 0.384 e. The minimum absolute atomic E-state index is 0.303. The molecule has 1 rings (SSSR count). The maximum Gasteiger partial charge on any atom is 0.281 e. The van der Waals surface area contributed by atoms with Gasteiger partial charge >= 0.3 is 0 Å². The van der Waals surface area contributed by atoms with Gasteiger partial charge in [-0.25, -0.2) is 27.3 Å². The Morgan fingerprint density at radius 2 is 2.00 bits per heavy atom. The Morgan fingerprint density at radius 1 is 1.47 bits per heavy atom. The maximum atomic E-state index is 12.4. The quantitative estimate of drug-likeness (QED) is 0.822. The van der Waals surface area contributed by atoms with E-state index in [1.165, 1.54) is 0 Å². The first-order valence-corrected chi connectivity index (χ1v) is 5.42. The standard InChI is InChI=1S/C6H6ClF2N3O2S/c7-2-1-3(10)12-4(6(8)9)5(2)15(11,13)14/h1,6H,(H2,10,12)(H2,11,13,14). The van der Waals surface area contributed by atoms with Gasteiger partial charge < -0.3 is 5.73 Å². The number of rotatable bonds is 2. The van der Waals surface area contributed by atoms with Gasteiger partial charge in [-0.2, -0.15) is 0 Å². The lowest BCUT2D eigenvalue weighted by Gasteiger charge is -2.08. The number of hydrogen-bond acceptors (Lipinski definition) is 4. The van der Waals surface area contributed by atoms with Crippen molar-refractivity contribution >= 4 is 27.4 Å². The lowest BCUT2D eigenvalue weighted by Crippen LogP contribution is -2.17. The zero-order valence-electron chi connectivity index (χ0n) is 7.12. The number of nitrogens with zero attached hydrogens (tertiary/aromatic N) is 1. The molecule has 0 saturated heterocycles. The summed E-state index contributed by atoms with van der Waals surface area (Å²) in [6, 6.07) is 0.938. The summed E-state index contributed by atoms with van der Waals surface area (Å²) in [6.07, 6.45) is -3.13. The van der Waals surface area contributed by atoms with Crippen molar-refractivity contribution in [1.82, 2.24) is 4.98 Å². The van der Waals surface area contributed by atoms with E-state index in [1.807, 2.05) is 0 Å². The third kappa shape index (κ3) is 2.52. The zero-order valence-corrected chi connectivity index (χ0v) is 8.69. The van der Waals surface area contributed by atoms with Crippen LogP contribution < -0.4 is 10.9 Å². The Balaban J connectivity index is 3.62. The number of sulfonamides is 1. The van der Waals surface area contributed by atoms with E-state index in [4.69, 9.17) is 22.5 Å². The molecule has 1 aromatic rings. The van der Waals surface area contributed by atoms with Crippen LogP contribution in [0.15, 0.2) is 11.0 Å². The fourth-order valence-electron chi connectivity index (χ4n) is 0.969. The van der Waals surface area contributed by atoms with Crippen LogP contribution in [0.2, 0.25) is 5.02 Å². The van der Waals surface area contributed by atoms with Crippen molar-refractivity contribution in [3.05, 3.63) is 16.8 Å². The number of pyridine rings is 1. The average molecular weight is 258 g/mol. The molecular formula is C6H6ClF2N3O2S. The minimum Gasteiger partial charge on any atom is -0.384 e. The van der Waals surface area contributed by atoms with Gasteiger partial charge in [0.1, 0.15) is 16.4 Å². The molecule has 0 aliphatic carbocycles. The van der Waals surface area contributed by atoms with Crippen molar-refractivity contribution in [2.24, 2.45) is 5.14 Å². The summed E-state index contributed by atoms with van der Waals surface area (Å²) in [5.41, 5.74) is 4.11. The van der Waals surface area contributed by atoms with Crippen molar-refractivity contribution in [3.8, 4) is 0 Å². The van der Waals surface area contributed by atoms with Crippen LogP contribution in [0.5, 0.6) is 0 Å². The molecule has 1 heterocycles. The fourth-order valence-corrected chi connectivity index (χ4v) is 2.26. The molecule has 0 saturated carbocycles. The van der Waals surface area contributed by atoms with E-state index in [-0.39, 0.29) is 5.82 Å². The molecule has 0 unspecified atom stereocenters. The van der Waals surface area contributed by atoms with E-state index < -0.39 is 32.1 Å². The van der Waals surface area contributed by atoms with E-state index in [9.17, 15) is 17.2 Å². The van der Waals surface area contributed by atoms with Gasteiger partial charge in [0.15, 0.2) is 0 Å². The second-order valence-electron chi connectivity index (χ2n) is 2.59. The van der Waals surface area contributed by atoms with Gasteiger partial charge in [0.25, 0.3) is 6.43 Å². The summed E-state index contributed by atoms with van der Waals surface area (Å²) in [6.45, 7) is 0. The van der Waals surface area contributed by atoms with Gasteiger partial charge in [0.2, 0.25) is 10.0 Å². The van der Waals surface area contributed by atoms with Crippen molar-refractivity contribution < 1.29 is 17.2 Å². The molecule has 0 aliphatic heterocycles. The monoisotopic (exact) mass is 257 g/mol. The Kier molecular flexibility index (Phi) is 3.12. The highest BCUT2D eigenvalue weighted by molar-refractivity contribution is 7.89. The van der Waals surface area contributed by atoms with Gasteiger partial charge in [0, 0.05) is 6.07 Å². The van der Waals surface area contributed by atoms with Crippen molar-refractivity contribution in [3.63, 3.8) is 0 Å². The van der Waals surface area contributed by atoms with E-state index in [0.717, 1.165) is 6.07 Å². The average Bonchev–Trinajstić information content (AvgIpc) is 1.99. The van der Waals surface area contributed by atoms with Gasteiger partial charge in [-0.1, -0.05) is 11.6 Å². The van der Waals surface area contributed by atoms with Crippen LogP contribution in [0.4, 0.5) is 14.6 Å². The number of anilines is 1.